The van der Waals surface area contributed by atoms with Crippen LogP contribution >= 0.6 is 20.0 Å². The minimum atomic E-state index is -4.58. The molecule has 0 saturated heterocycles. The monoisotopic (exact) mass is 547 g/mol. The lowest BCUT2D eigenvalue weighted by Crippen LogP contribution is -2.21. The second-order valence-corrected chi connectivity index (χ2v) is 11.2. The standard InChI is InChI=1S/C26H34F4NO3PS/c27-23-18-24(22(26(28,29)30)17-20(23)19-31-14-8-15-34-35(32)33)36-16-7-6-13-25(11-4-5-12-25)21-9-2-1-3-10-21/h1-3,9-10,17-18,31,35H,4-8,11-16,19H2,(H,32,33). The first-order chi connectivity index (χ1) is 17.2. The Bertz CT molecular complexity index is 985. The van der Waals surface area contributed by atoms with Crippen LogP contribution in [0.5, 0.6) is 0 Å². The maximum atomic E-state index is 14.6. The predicted molar refractivity (Wildman–Crippen MR) is 136 cm³/mol. The number of nitrogens with one attached hydrogen (secondary N) is 1. The molecular formula is C26H34F4NO3PS. The lowest BCUT2D eigenvalue weighted by molar-refractivity contribution is -0.139. The molecule has 0 amide bonds. The second-order valence-electron chi connectivity index (χ2n) is 9.24. The summed E-state index contributed by atoms with van der Waals surface area (Å²) in [7, 11) is -3.00. The van der Waals surface area contributed by atoms with Crippen molar-refractivity contribution in [3.05, 3.63) is 65.0 Å². The van der Waals surface area contributed by atoms with Gasteiger partial charge in [0, 0.05) is 17.0 Å². The van der Waals surface area contributed by atoms with Gasteiger partial charge in [-0.2, -0.15) is 13.2 Å². The highest BCUT2D eigenvalue weighted by atomic mass is 32.2. The van der Waals surface area contributed by atoms with Gasteiger partial charge in [0.1, 0.15) is 5.82 Å². The summed E-state index contributed by atoms with van der Waals surface area (Å²) in [5.41, 5.74) is 0.656. The van der Waals surface area contributed by atoms with E-state index >= 15 is 0 Å². The summed E-state index contributed by atoms with van der Waals surface area (Å²) in [6, 6.07) is 12.4. The number of rotatable bonds is 14. The summed E-state index contributed by atoms with van der Waals surface area (Å²) in [6.07, 6.45) is 3.22. The Hall–Kier alpha value is -1.38. The van der Waals surface area contributed by atoms with E-state index in [1.807, 2.05) is 6.07 Å². The molecule has 1 atom stereocenters. The van der Waals surface area contributed by atoms with Gasteiger partial charge in [0.2, 0.25) is 0 Å². The van der Waals surface area contributed by atoms with Crippen LogP contribution < -0.4 is 5.32 Å². The molecule has 200 valence electrons. The lowest BCUT2D eigenvalue weighted by atomic mass is 9.75. The third kappa shape index (κ3) is 8.59. The highest BCUT2D eigenvalue weighted by Crippen LogP contribution is 2.45. The van der Waals surface area contributed by atoms with Gasteiger partial charge < -0.3 is 14.7 Å². The van der Waals surface area contributed by atoms with E-state index in [0.29, 0.717) is 18.7 Å². The van der Waals surface area contributed by atoms with E-state index in [1.54, 1.807) is 0 Å². The third-order valence-electron chi connectivity index (χ3n) is 6.75. The molecule has 2 aromatic rings. The van der Waals surface area contributed by atoms with E-state index in [0.717, 1.165) is 56.0 Å². The molecule has 1 unspecified atom stereocenters. The van der Waals surface area contributed by atoms with Crippen molar-refractivity contribution in [2.45, 2.75) is 74.4 Å². The molecule has 4 nitrogen and oxygen atoms in total. The smallest absolute Gasteiger partial charge is 0.326 e. The number of benzene rings is 2. The molecule has 0 radical (unpaired) electrons. The fourth-order valence-electron chi connectivity index (χ4n) is 4.93. The number of halogens is 4. The van der Waals surface area contributed by atoms with Crippen LogP contribution in [0.25, 0.3) is 0 Å². The molecular weight excluding hydrogens is 513 g/mol. The molecule has 0 heterocycles. The summed E-state index contributed by atoms with van der Waals surface area (Å²) < 4.78 is 70.8. The number of hydrogen-bond donors (Lipinski definition) is 2. The maximum Gasteiger partial charge on any atom is 0.417 e. The van der Waals surface area contributed by atoms with Crippen molar-refractivity contribution in [1.82, 2.24) is 5.32 Å². The van der Waals surface area contributed by atoms with Crippen LogP contribution in [-0.4, -0.2) is 23.8 Å². The van der Waals surface area contributed by atoms with E-state index in [9.17, 15) is 22.1 Å². The van der Waals surface area contributed by atoms with Gasteiger partial charge in [0.15, 0.2) is 0 Å². The molecule has 2 aromatic carbocycles. The zero-order valence-corrected chi connectivity index (χ0v) is 22.0. The van der Waals surface area contributed by atoms with Gasteiger partial charge >= 0.3 is 14.4 Å². The predicted octanol–water partition coefficient (Wildman–Crippen LogP) is 7.50. The molecule has 2 N–H and O–H groups in total. The van der Waals surface area contributed by atoms with Gasteiger partial charge in [-0.3, -0.25) is 4.57 Å². The van der Waals surface area contributed by atoms with Crippen LogP contribution in [0.4, 0.5) is 17.6 Å². The van der Waals surface area contributed by atoms with Crippen molar-refractivity contribution in [3.8, 4) is 0 Å². The molecule has 10 heteroatoms. The SMILES string of the molecule is O=[PH](O)OCCCNCc1cc(C(F)(F)F)c(SCCCCC2(c3ccccc3)CCCC2)cc1F. The van der Waals surface area contributed by atoms with Crippen LogP contribution in [0, 0.1) is 5.82 Å². The Kier molecular flexibility index (Phi) is 11.3. The molecule has 0 aromatic heterocycles. The summed E-state index contributed by atoms with van der Waals surface area (Å²) in [6.45, 7) is 0.284. The number of unbranched alkanes of at least 4 members (excludes halogenated alkanes) is 1. The number of alkyl halides is 3. The number of hydrogen-bond acceptors (Lipinski definition) is 4. The zero-order valence-electron chi connectivity index (χ0n) is 20.2. The van der Waals surface area contributed by atoms with Crippen molar-refractivity contribution in [3.63, 3.8) is 0 Å². The van der Waals surface area contributed by atoms with Gasteiger partial charge in [0.25, 0.3) is 0 Å². The van der Waals surface area contributed by atoms with Crippen LogP contribution in [0.15, 0.2) is 47.4 Å². The molecule has 36 heavy (non-hydrogen) atoms. The van der Waals surface area contributed by atoms with Gasteiger partial charge in [-0.05, 0) is 67.5 Å². The van der Waals surface area contributed by atoms with Gasteiger partial charge in [-0.25, -0.2) is 4.39 Å². The van der Waals surface area contributed by atoms with E-state index in [4.69, 9.17) is 4.89 Å². The Morgan fingerprint density at radius 1 is 1.08 bits per heavy atom. The van der Waals surface area contributed by atoms with Gasteiger partial charge in [-0.1, -0.05) is 49.6 Å². The fourth-order valence-corrected chi connectivity index (χ4v) is 6.33. The zero-order chi connectivity index (χ0) is 26.0. The summed E-state index contributed by atoms with van der Waals surface area (Å²) in [5.74, 6) is -0.178. The van der Waals surface area contributed by atoms with Gasteiger partial charge in [0.05, 0.1) is 12.2 Å². The summed E-state index contributed by atoms with van der Waals surface area (Å²) >= 11 is 1.06. The molecule has 0 aliphatic heterocycles. The normalized spacial score (nSPS) is 16.4. The first-order valence-corrected chi connectivity index (χ1v) is 14.6. The molecule has 1 fully saturated rings. The molecule has 0 bridgehead atoms. The number of thioether (sulfide) groups is 1. The Morgan fingerprint density at radius 3 is 2.47 bits per heavy atom. The fraction of sp³-hybridized carbons (Fsp3) is 0.538. The third-order valence-corrected chi connectivity index (χ3v) is 8.34. The minimum absolute atomic E-state index is 0.0413. The van der Waals surface area contributed by atoms with Crippen molar-refractivity contribution in [2.24, 2.45) is 0 Å². The van der Waals surface area contributed by atoms with E-state index in [1.165, 1.54) is 18.4 Å². The highest BCUT2D eigenvalue weighted by Gasteiger charge is 2.36. The Balaban J connectivity index is 1.53. The molecule has 1 aliphatic carbocycles. The van der Waals surface area contributed by atoms with E-state index in [-0.39, 0.29) is 29.0 Å². The van der Waals surface area contributed by atoms with Crippen molar-refractivity contribution in [2.75, 3.05) is 18.9 Å². The van der Waals surface area contributed by atoms with Crippen LogP contribution in [-0.2, 0) is 27.2 Å². The van der Waals surface area contributed by atoms with E-state index in [2.05, 4.69) is 34.1 Å². The average Bonchev–Trinajstić information content (AvgIpc) is 3.32. The first-order valence-electron chi connectivity index (χ1n) is 12.4. The summed E-state index contributed by atoms with van der Waals surface area (Å²) in [4.78, 5) is 8.52. The topological polar surface area (TPSA) is 58.6 Å². The molecule has 0 spiro atoms. The molecule has 1 saturated carbocycles. The largest absolute Gasteiger partial charge is 0.417 e. The quantitative estimate of drug-likeness (QED) is 0.111. The Labute approximate surface area is 215 Å². The van der Waals surface area contributed by atoms with Gasteiger partial charge in [-0.15, -0.1) is 11.8 Å². The van der Waals surface area contributed by atoms with Crippen molar-refractivity contribution >= 4 is 20.0 Å². The van der Waals surface area contributed by atoms with Crippen LogP contribution in [0.1, 0.15) is 68.1 Å². The summed E-state index contributed by atoms with van der Waals surface area (Å²) in [5, 5.41) is 2.85. The van der Waals surface area contributed by atoms with Crippen molar-refractivity contribution < 1.29 is 31.5 Å². The van der Waals surface area contributed by atoms with Crippen LogP contribution in [0.2, 0.25) is 0 Å². The second kappa shape index (κ2) is 14.0. The maximum absolute atomic E-state index is 14.6. The highest BCUT2D eigenvalue weighted by molar-refractivity contribution is 7.99. The lowest BCUT2D eigenvalue weighted by Gasteiger charge is -2.30. The average molecular weight is 548 g/mol. The minimum Gasteiger partial charge on any atom is -0.326 e. The van der Waals surface area contributed by atoms with Crippen LogP contribution in [0.3, 0.4) is 0 Å². The first kappa shape index (κ1) is 29.2. The van der Waals surface area contributed by atoms with E-state index < -0.39 is 25.8 Å². The van der Waals surface area contributed by atoms with Crippen molar-refractivity contribution in [1.29, 1.82) is 0 Å². The molecule has 3 rings (SSSR count). The molecule has 1 aliphatic rings. The Morgan fingerprint density at radius 2 is 1.81 bits per heavy atom.